The van der Waals surface area contributed by atoms with Crippen molar-refractivity contribution in [1.29, 1.82) is 0 Å². The lowest BCUT2D eigenvalue weighted by Gasteiger charge is -2.29. The molecule has 7 nitrogen and oxygen atoms in total. The molecule has 1 aliphatic heterocycles. The summed E-state index contributed by atoms with van der Waals surface area (Å²) >= 11 is 0. The zero-order valence-corrected chi connectivity index (χ0v) is 9.58. The number of non-ortho nitro benzene ring substituents is 1. The number of aliphatic carboxylic acids is 1. The Bertz CT molecular complexity index is 574. The number of halogens is 1. The highest BCUT2D eigenvalue weighted by atomic mass is 19.1. The first kappa shape index (κ1) is 12.9. The zero-order valence-electron chi connectivity index (χ0n) is 9.58. The topological polar surface area (TPSA) is 101 Å². The predicted molar refractivity (Wildman–Crippen MR) is 61.4 cm³/mol. The van der Waals surface area contributed by atoms with Crippen molar-refractivity contribution >= 4 is 23.3 Å². The average Bonchev–Trinajstić information content (AvgIpc) is 2.37. The Labute approximate surface area is 106 Å². The third-order valence-electron chi connectivity index (χ3n) is 2.84. The second-order valence-electron chi connectivity index (χ2n) is 4.01. The van der Waals surface area contributed by atoms with Gasteiger partial charge in [0.15, 0.2) is 0 Å². The van der Waals surface area contributed by atoms with Gasteiger partial charge in [0.25, 0.3) is 12.0 Å². The number of aryl methyl sites for hydroxylation is 1. The van der Waals surface area contributed by atoms with E-state index >= 15 is 0 Å². The van der Waals surface area contributed by atoms with Crippen molar-refractivity contribution in [3.63, 3.8) is 0 Å². The number of carbonyl (C=O) groups is 2. The summed E-state index contributed by atoms with van der Waals surface area (Å²) in [6, 6.07) is 3.53. The number of carboxylic acids is 1. The lowest BCUT2D eigenvalue weighted by Crippen LogP contribution is -2.45. The normalized spacial score (nSPS) is 15.8. The highest BCUT2D eigenvalue weighted by Crippen LogP contribution is 2.32. The van der Waals surface area contributed by atoms with Gasteiger partial charge in [-0.05, 0) is 18.1 Å². The SMILES string of the molecule is O=C(O)C(F)N1C(=O)CCc2cc([N+](=O)[O-])ccc21. The van der Waals surface area contributed by atoms with Gasteiger partial charge in [-0.15, -0.1) is 0 Å². The van der Waals surface area contributed by atoms with Crippen LogP contribution in [0.1, 0.15) is 12.0 Å². The molecule has 1 heterocycles. The molecule has 0 aliphatic carbocycles. The number of alkyl halides is 1. The van der Waals surface area contributed by atoms with Crippen molar-refractivity contribution in [1.82, 2.24) is 0 Å². The number of amides is 1. The number of nitrogens with zero attached hydrogens (tertiary/aromatic N) is 2. The van der Waals surface area contributed by atoms with E-state index in [2.05, 4.69) is 0 Å². The van der Waals surface area contributed by atoms with Crippen molar-refractivity contribution in [3.05, 3.63) is 33.9 Å². The van der Waals surface area contributed by atoms with Crippen LogP contribution in [0.5, 0.6) is 0 Å². The molecule has 0 spiro atoms. The fraction of sp³-hybridized carbons (Fsp3) is 0.273. The predicted octanol–water partition coefficient (Wildman–Crippen LogP) is 1.25. The molecule has 0 saturated heterocycles. The van der Waals surface area contributed by atoms with Gasteiger partial charge < -0.3 is 5.11 Å². The minimum absolute atomic E-state index is 0.0664. The van der Waals surface area contributed by atoms with E-state index in [0.29, 0.717) is 10.5 Å². The summed E-state index contributed by atoms with van der Waals surface area (Å²) in [6.45, 7) is 0. The van der Waals surface area contributed by atoms with Gasteiger partial charge in [-0.2, -0.15) is 0 Å². The summed E-state index contributed by atoms with van der Waals surface area (Å²) in [5.41, 5.74) is 0.272. The maximum Gasteiger partial charge on any atom is 0.360 e. The van der Waals surface area contributed by atoms with Gasteiger partial charge in [-0.3, -0.25) is 19.8 Å². The smallest absolute Gasteiger partial charge is 0.360 e. The molecular weight excluding hydrogens is 259 g/mol. The number of nitro benzene ring substituents is 1. The Morgan fingerprint density at radius 2 is 2.16 bits per heavy atom. The number of anilines is 1. The third kappa shape index (κ3) is 2.24. The molecule has 19 heavy (non-hydrogen) atoms. The Balaban J connectivity index is 2.48. The zero-order chi connectivity index (χ0) is 14.2. The number of hydrogen-bond donors (Lipinski definition) is 1. The molecule has 100 valence electrons. The van der Waals surface area contributed by atoms with Crippen LogP contribution >= 0.6 is 0 Å². The number of carboxylic acid groups (broad SMARTS) is 1. The minimum atomic E-state index is -2.49. The molecule has 0 aromatic heterocycles. The van der Waals surface area contributed by atoms with E-state index in [4.69, 9.17) is 5.11 Å². The van der Waals surface area contributed by atoms with E-state index in [9.17, 15) is 24.1 Å². The fourth-order valence-corrected chi connectivity index (χ4v) is 1.98. The standard InChI is InChI=1S/C11H9FN2O5/c12-10(11(16)17)13-8-3-2-7(14(18)19)5-6(8)1-4-9(13)15/h2-3,5,10H,1,4H2,(H,16,17). The van der Waals surface area contributed by atoms with Gasteiger partial charge in [-0.25, -0.2) is 9.18 Å². The van der Waals surface area contributed by atoms with Crippen molar-refractivity contribution in [2.75, 3.05) is 4.90 Å². The van der Waals surface area contributed by atoms with Gasteiger partial charge in [0.1, 0.15) is 0 Å². The van der Waals surface area contributed by atoms with E-state index in [1.165, 1.54) is 12.1 Å². The summed E-state index contributed by atoms with van der Waals surface area (Å²) in [6.07, 6.45) is -2.35. The van der Waals surface area contributed by atoms with Crippen LogP contribution in [0.3, 0.4) is 0 Å². The van der Waals surface area contributed by atoms with Gasteiger partial charge in [0.05, 0.1) is 10.6 Å². The van der Waals surface area contributed by atoms with Crippen LogP contribution in [0.2, 0.25) is 0 Å². The number of carbonyl (C=O) groups excluding carboxylic acids is 1. The molecule has 1 unspecified atom stereocenters. The fourth-order valence-electron chi connectivity index (χ4n) is 1.98. The van der Waals surface area contributed by atoms with Crippen LogP contribution in [-0.4, -0.2) is 28.2 Å². The first-order valence-electron chi connectivity index (χ1n) is 5.38. The molecule has 1 atom stereocenters. The highest BCUT2D eigenvalue weighted by Gasteiger charge is 2.35. The Kier molecular flexibility index (Phi) is 3.16. The first-order valence-corrected chi connectivity index (χ1v) is 5.38. The molecule has 1 N–H and O–H groups in total. The lowest BCUT2D eigenvalue weighted by molar-refractivity contribution is -0.384. The molecule has 0 bridgehead atoms. The van der Waals surface area contributed by atoms with Crippen LogP contribution in [0.25, 0.3) is 0 Å². The first-order chi connectivity index (χ1) is 8.91. The Hall–Kier alpha value is -2.51. The maximum atomic E-state index is 13.6. The van der Waals surface area contributed by atoms with E-state index in [0.717, 1.165) is 6.07 Å². The summed E-state index contributed by atoms with van der Waals surface area (Å²) < 4.78 is 13.6. The van der Waals surface area contributed by atoms with Gasteiger partial charge in [-0.1, -0.05) is 0 Å². The molecule has 1 aromatic rings. The van der Waals surface area contributed by atoms with Gasteiger partial charge in [0.2, 0.25) is 5.91 Å². The molecule has 1 aromatic carbocycles. The third-order valence-corrected chi connectivity index (χ3v) is 2.84. The van der Waals surface area contributed by atoms with E-state index < -0.39 is 23.1 Å². The van der Waals surface area contributed by atoms with Crippen LogP contribution in [0.15, 0.2) is 18.2 Å². The van der Waals surface area contributed by atoms with Crippen LogP contribution in [0, 0.1) is 10.1 Å². The Morgan fingerprint density at radius 3 is 2.74 bits per heavy atom. The molecule has 1 aliphatic rings. The number of nitro groups is 1. The molecule has 0 saturated carbocycles. The van der Waals surface area contributed by atoms with Crippen LogP contribution in [0.4, 0.5) is 15.8 Å². The minimum Gasteiger partial charge on any atom is -0.478 e. The number of hydrogen-bond acceptors (Lipinski definition) is 4. The highest BCUT2D eigenvalue weighted by molar-refractivity contribution is 6.01. The number of benzene rings is 1. The van der Waals surface area contributed by atoms with Crippen molar-refractivity contribution in [3.8, 4) is 0 Å². The summed E-state index contributed by atoms with van der Waals surface area (Å²) in [5.74, 6) is -2.43. The van der Waals surface area contributed by atoms with Gasteiger partial charge in [0, 0.05) is 18.6 Å². The van der Waals surface area contributed by atoms with Crippen molar-refractivity contribution in [2.24, 2.45) is 0 Å². The Morgan fingerprint density at radius 1 is 1.47 bits per heavy atom. The van der Waals surface area contributed by atoms with Crippen LogP contribution in [-0.2, 0) is 16.0 Å². The van der Waals surface area contributed by atoms with Crippen LogP contribution < -0.4 is 4.90 Å². The summed E-state index contributed by atoms with van der Waals surface area (Å²) in [4.78, 5) is 32.8. The largest absolute Gasteiger partial charge is 0.478 e. The second-order valence-corrected chi connectivity index (χ2v) is 4.01. The molecule has 1 amide bonds. The van der Waals surface area contributed by atoms with Gasteiger partial charge >= 0.3 is 5.97 Å². The quantitative estimate of drug-likeness (QED) is 0.505. The maximum absolute atomic E-state index is 13.6. The molecule has 0 radical (unpaired) electrons. The molecular formula is C11H9FN2O5. The molecule has 8 heteroatoms. The summed E-state index contributed by atoms with van der Waals surface area (Å²) in [7, 11) is 0. The number of fused-ring (bicyclic) bond motifs is 1. The average molecular weight is 268 g/mol. The molecule has 2 rings (SSSR count). The van der Waals surface area contributed by atoms with Crippen molar-refractivity contribution in [2.45, 2.75) is 19.1 Å². The monoisotopic (exact) mass is 268 g/mol. The molecule has 0 fully saturated rings. The lowest BCUT2D eigenvalue weighted by atomic mass is 10.0. The van der Waals surface area contributed by atoms with E-state index in [-0.39, 0.29) is 24.2 Å². The van der Waals surface area contributed by atoms with E-state index in [1.54, 1.807) is 0 Å². The van der Waals surface area contributed by atoms with E-state index in [1.807, 2.05) is 0 Å². The summed E-state index contributed by atoms with van der Waals surface area (Å²) in [5, 5.41) is 19.3. The van der Waals surface area contributed by atoms with Crippen molar-refractivity contribution < 1.29 is 24.0 Å². The number of rotatable bonds is 3. The second kappa shape index (κ2) is 4.63.